The summed E-state index contributed by atoms with van der Waals surface area (Å²) in [5.41, 5.74) is 6.53. The van der Waals surface area contributed by atoms with Gasteiger partial charge < -0.3 is 4.74 Å². The molecule has 3 unspecified atom stereocenters. The fraction of sp³-hybridized carbons (Fsp3) is 0.394. The molecule has 0 N–H and O–H groups in total. The summed E-state index contributed by atoms with van der Waals surface area (Å²) in [7, 11) is 0. The predicted octanol–water partition coefficient (Wildman–Crippen LogP) is 8.52. The van der Waals surface area contributed by atoms with Crippen LogP contribution >= 0.6 is 0 Å². The van der Waals surface area contributed by atoms with E-state index in [1.54, 1.807) is 0 Å². The first-order valence-corrected chi connectivity index (χ1v) is 13.1. The predicted molar refractivity (Wildman–Crippen MR) is 147 cm³/mol. The third-order valence-electron chi connectivity index (χ3n) is 7.06. The minimum atomic E-state index is -0.324. The van der Waals surface area contributed by atoms with Crippen molar-refractivity contribution in [3.8, 4) is 0 Å². The molecule has 0 aromatic heterocycles. The van der Waals surface area contributed by atoms with Gasteiger partial charge in [0, 0.05) is 18.8 Å². The highest BCUT2D eigenvalue weighted by molar-refractivity contribution is 5.39. The van der Waals surface area contributed by atoms with Crippen LogP contribution in [0, 0.1) is 25.7 Å². The van der Waals surface area contributed by atoms with Gasteiger partial charge in [-0.3, -0.25) is 0 Å². The zero-order chi connectivity index (χ0) is 24.6. The van der Waals surface area contributed by atoms with Crippen molar-refractivity contribution in [3.05, 3.63) is 119 Å². The Morgan fingerprint density at radius 3 is 2.00 bits per heavy atom. The number of benzene rings is 2. The molecule has 2 aliphatic carbocycles. The first-order chi connectivity index (χ1) is 16.6. The summed E-state index contributed by atoms with van der Waals surface area (Å²) in [4.78, 5) is 0. The molecule has 3 aliphatic rings. The topological polar surface area (TPSA) is 9.23 Å². The quantitative estimate of drug-likeness (QED) is 0.421. The number of hydrogen-bond donors (Lipinski definition) is 0. The van der Waals surface area contributed by atoms with Crippen LogP contribution in [0.25, 0.3) is 0 Å². The lowest BCUT2D eigenvalue weighted by Crippen LogP contribution is -2.47. The van der Waals surface area contributed by atoms with E-state index in [1.807, 2.05) is 27.7 Å². The molecule has 0 bridgehead atoms. The Balaban J connectivity index is 0.000000771. The summed E-state index contributed by atoms with van der Waals surface area (Å²) in [6, 6.07) is 17.4. The van der Waals surface area contributed by atoms with Crippen LogP contribution in [0.5, 0.6) is 0 Å². The maximum Gasteiger partial charge on any atom is 0.0951 e. The number of allylic oxidation sites excluding steroid dienone is 5. The van der Waals surface area contributed by atoms with Crippen LogP contribution < -0.4 is 0 Å². The normalized spacial score (nSPS) is 23.4. The highest BCUT2D eigenvalue weighted by Gasteiger charge is 2.42. The number of hydrogen-bond acceptors (Lipinski definition) is 1. The Labute approximate surface area is 208 Å². The summed E-state index contributed by atoms with van der Waals surface area (Å²) in [5.74, 6) is 0.962. The summed E-state index contributed by atoms with van der Waals surface area (Å²) < 4.78 is 7.02. The molecule has 0 saturated carbocycles. The van der Waals surface area contributed by atoms with Gasteiger partial charge in [-0.05, 0) is 54.0 Å². The van der Waals surface area contributed by atoms with Crippen LogP contribution in [0.4, 0.5) is 0 Å². The first kappa shape index (κ1) is 26.0. The maximum atomic E-state index is 7.02. The summed E-state index contributed by atoms with van der Waals surface area (Å²) in [6.07, 6.45) is 19.2. The second-order valence-electron chi connectivity index (χ2n) is 9.09. The van der Waals surface area contributed by atoms with Crippen molar-refractivity contribution < 1.29 is 4.74 Å². The Hall–Kier alpha value is -2.64. The number of ether oxygens (including phenoxy) is 1. The van der Waals surface area contributed by atoms with E-state index in [9.17, 15) is 0 Å². The lowest BCUT2D eigenvalue weighted by Gasteiger charge is -2.45. The highest BCUT2D eigenvalue weighted by Crippen LogP contribution is 2.43. The highest BCUT2D eigenvalue weighted by atomic mass is 16.5. The van der Waals surface area contributed by atoms with Crippen LogP contribution in [0.2, 0.25) is 0 Å². The van der Waals surface area contributed by atoms with Gasteiger partial charge in [0.15, 0.2) is 0 Å². The Bertz CT molecular complexity index is 1000. The van der Waals surface area contributed by atoms with E-state index in [2.05, 4.69) is 105 Å². The number of aryl methyl sites for hydroxylation is 2. The van der Waals surface area contributed by atoms with E-state index in [0.717, 1.165) is 19.3 Å². The molecule has 3 atom stereocenters. The second-order valence-corrected chi connectivity index (χ2v) is 9.09. The van der Waals surface area contributed by atoms with Gasteiger partial charge in [-0.15, -0.1) is 0 Å². The molecule has 2 aromatic rings. The Morgan fingerprint density at radius 1 is 0.824 bits per heavy atom. The van der Waals surface area contributed by atoms with Gasteiger partial charge in [-0.25, -0.2) is 0 Å². The molecule has 1 nitrogen and oxygen atoms in total. The molecule has 0 saturated heterocycles. The van der Waals surface area contributed by atoms with Gasteiger partial charge in [0.25, 0.3) is 0 Å². The first-order valence-electron chi connectivity index (χ1n) is 13.1. The Kier molecular flexibility index (Phi) is 9.30. The molecule has 2 aromatic carbocycles. The van der Waals surface area contributed by atoms with Crippen LogP contribution in [0.3, 0.4) is 0 Å². The van der Waals surface area contributed by atoms with Gasteiger partial charge in [0.1, 0.15) is 0 Å². The van der Waals surface area contributed by atoms with Crippen molar-refractivity contribution in [2.45, 2.75) is 72.5 Å². The van der Waals surface area contributed by atoms with Crippen LogP contribution in [-0.4, -0.2) is 11.7 Å². The minimum Gasteiger partial charge on any atom is -0.362 e. The number of fused-ring (bicyclic) bond motifs is 3. The fourth-order valence-electron chi connectivity index (χ4n) is 5.27. The van der Waals surface area contributed by atoms with E-state index in [4.69, 9.17) is 4.74 Å². The van der Waals surface area contributed by atoms with Gasteiger partial charge in [-0.1, -0.05) is 119 Å². The number of rotatable bonds is 4. The van der Waals surface area contributed by atoms with Gasteiger partial charge >= 0.3 is 0 Å². The van der Waals surface area contributed by atoms with Gasteiger partial charge in [-0.2, -0.15) is 0 Å². The molecule has 1 heteroatoms. The van der Waals surface area contributed by atoms with E-state index < -0.39 is 0 Å². The Morgan fingerprint density at radius 2 is 1.41 bits per heavy atom. The molecule has 0 fully saturated rings. The minimum absolute atomic E-state index is 0.136. The van der Waals surface area contributed by atoms with Crippen molar-refractivity contribution in [1.82, 2.24) is 0 Å². The van der Waals surface area contributed by atoms with Crippen molar-refractivity contribution in [2.24, 2.45) is 11.8 Å². The van der Waals surface area contributed by atoms with Crippen LogP contribution in [0.1, 0.15) is 56.4 Å². The smallest absolute Gasteiger partial charge is 0.0951 e. The maximum absolute atomic E-state index is 7.02. The van der Waals surface area contributed by atoms with E-state index in [-0.39, 0.29) is 11.7 Å². The summed E-state index contributed by atoms with van der Waals surface area (Å²) in [5, 5.41) is 0. The van der Waals surface area contributed by atoms with Crippen molar-refractivity contribution in [2.75, 3.05) is 0 Å². The molecule has 180 valence electrons. The molecular weight excluding hydrogens is 412 g/mol. The molecule has 5 rings (SSSR count). The molecule has 0 radical (unpaired) electrons. The van der Waals surface area contributed by atoms with Crippen molar-refractivity contribution in [1.29, 1.82) is 0 Å². The third kappa shape index (κ3) is 5.70. The average Bonchev–Trinajstić information content (AvgIpc) is 2.89. The van der Waals surface area contributed by atoms with Gasteiger partial charge in [0.05, 0.1) is 11.7 Å². The second kappa shape index (κ2) is 12.2. The molecule has 0 amide bonds. The largest absolute Gasteiger partial charge is 0.362 e. The zero-order valence-electron chi connectivity index (χ0n) is 21.9. The lowest BCUT2D eigenvalue weighted by molar-refractivity contribution is -0.0770. The summed E-state index contributed by atoms with van der Waals surface area (Å²) >= 11 is 0. The van der Waals surface area contributed by atoms with Crippen molar-refractivity contribution in [3.63, 3.8) is 0 Å². The van der Waals surface area contributed by atoms with E-state index in [1.165, 1.54) is 27.8 Å². The van der Waals surface area contributed by atoms with Gasteiger partial charge in [0.2, 0.25) is 0 Å². The molecule has 0 spiro atoms. The monoisotopic (exact) mass is 454 g/mol. The van der Waals surface area contributed by atoms with Crippen LogP contribution in [-0.2, 0) is 17.6 Å². The summed E-state index contributed by atoms with van der Waals surface area (Å²) in [6.45, 7) is 12.4. The van der Waals surface area contributed by atoms with E-state index >= 15 is 0 Å². The lowest BCUT2D eigenvalue weighted by atomic mass is 9.71. The van der Waals surface area contributed by atoms with E-state index in [0.29, 0.717) is 11.8 Å². The fourth-order valence-corrected chi connectivity index (χ4v) is 5.27. The average molecular weight is 455 g/mol. The van der Waals surface area contributed by atoms with Crippen LogP contribution in [0.15, 0.2) is 96.6 Å². The molecular formula is C33H42O. The van der Waals surface area contributed by atoms with Crippen molar-refractivity contribution >= 4 is 0 Å². The standard InChI is InChI=1S/C29H30O.2C2H6/c1-21-9-3-5-12-24(21)19-29(20-25-13-6-4-10-22(25)2)18-17-27-26-14-8-7-11-23(26)15-16-28(27)30-29;2*1-2/h3-13,15-18,26-28H,14,19-20H2,1-2H3;2*1-2H3. The zero-order valence-corrected chi connectivity index (χ0v) is 21.9. The molecule has 1 heterocycles. The SMILES string of the molecule is CC.CC.Cc1ccccc1CC1(Cc2ccccc2C)C=CC2C(C=CC3=CC=CCC32)O1. The molecule has 1 aliphatic heterocycles. The molecule has 34 heavy (non-hydrogen) atoms. The third-order valence-corrected chi connectivity index (χ3v) is 7.06.